The summed E-state index contributed by atoms with van der Waals surface area (Å²) in [7, 11) is 3.26. The molecule has 0 saturated heterocycles. The van der Waals surface area contributed by atoms with Crippen LogP contribution in [0.1, 0.15) is 30.9 Å². The highest BCUT2D eigenvalue weighted by Gasteiger charge is 2.38. The van der Waals surface area contributed by atoms with Crippen LogP contribution in [0.5, 0.6) is 11.5 Å². The number of anilines is 1. The van der Waals surface area contributed by atoms with Crippen LogP contribution in [0.4, 0.5) is 5.95 Å². The van der Waals surface area contributed by atoms with Crippen LogP contribution < -0.4 is 14.8 Å². The molecule has 0 fully saturated rings. The molecule has 2 aliphatic rings. The van der Waals surface area contributed by atoms with Gasteiger partial charge < -0.3 is 14.8 Å². The van der Waals surface area contributed by atoms with E-state index in [0.717, 1.165) is 46.0 Å². The van der Waals surface area contributed by atoms with E-state index in [0.29, 0.717) is 29.7 Å². The fraction of sp³-hybridized carbons (Fsp3) is 0.222. The molecule has 3 aromatic carbocycles. The molecule has 6 rings (SSSR count). The number of benzene rings is 3. The van der Waals surface area contributed by atoms with Crippen molar-refractivity contribution in [2.24, 2.45) is 0 Å². The zero-order valence-electron chi connectivity index (χ0n) is 19.0. The highest BCUT2D eigenvalue weighted by Crippen LogP contribution is 2.44. The Morgan fingerprint density at radius 2 is 1.85 bits per heavy atom. The molecule has 7 heteroatoms. The van der Waals surface area contributed by atoms with Gasteiger partial charge in [0.1, 0.15) is 17.5 Å². The first-order valence-electron chi connectivity index (χ1n) is 11.4. The second kappa shape index (κ2) is 8.02. The lowest BCUT2D eigenvalue weighted by molar-refractivity contribution is -0.116. The summed E-state index contributed by atoms with van der Waals surface area (Å²) in [5.74, 6) is 2.71. The molecule has 34 heavy (non-hydrogen) atoms. The third-order valence-electron chi connectivity index (χ3n) is 6.63. The maximum absolute atomic E-state index is 13.2. The normalized spacial score (nSPS) is 17.2. The molecule has 7 nitrogen and oxygen atoms in total. The number of ether oxygens (including phenoxy) is 2. The number of hydrogen-bond donors (Lipinski definition) is 1. The van der Waals surface area contributed by atoms with Crippen molar-refractivity contribution in [1.82, 2.24) is 14.8 Å². The average Bonchev–Trinajstić information content (AvgIpc) is 3.30. The first-order chi connectivity index (χ1) is 16.7. The van der Waals surface area contributed by atoms with E-state index in [2.05, 4.69) is 23.5 Å². The van der Waals surface area contributed by atoms with Gasteiger partial charge in [-0.05, 0) is 41.8 Å². The minimum atomic E-state index is -0.458. The van der Waals surface area contributed by atoms with Crippen molar-refractivity contribution in [3.05, 3.63) is 77.5 Å². The predicted molar refractivity (Wildman–Crippen MR) is 130 cm³/mol. The van der Waals surface area contributed by atoms with Crippen LogP contribution in [0.3, 0.4) is 0 Å². The first kappa shape index (κ1) is 20.5. The van der Waals surface area contributed by atoms with Crippen molar-refractivity contribution >= 4 is 22.5 Å². The van der Waals surface area contributed by atoms with Crippen LogP contribution in [0, 0.1) is 0 Å². The lowest BCUT2D eigenvalue weighted by Crippen LogP contribution is -2.31. The lowest BCUT2D eigenvalue weighted by atomic mass is 9.85. The van der Waals surface area contributed by atoms with Gasteiger partial charge in [0.25, 0.3) is 0 Å². The number of ketones is 1. The number of nitrogens with one attached hydrogen (secondary N) is 1. The molecule has 1 aliphatic carbocycles. The van der Waals surface area contributed by atoms with E-state index in [1.807, 2.05) is 47.1 Å². The highest BCUT2D eigenvalue weighted by atomic mass is 16.5. The van der Waals surface area contributed by atoms with Gasteiger partial charge in [-0.3, -0.25) is 4.79 Å². The summed E-state index contributed by atoms with van der Waals surface area (Å²) >= 11 is 0. The van der Waals surface area contributed by atoms with Gasteiger partial charge >= 0.3 is 0 Å². The van der Waals surface area contributed by atoms with Crippen molar-refractivity contribution in [1.29, 1.82) is 0 Å². The van der Waals surface area contributed by atoms with Gasteiger partial charge in [0, 0.05) is 28.8 Å². The summed E-state index contributed by atoms with van der Waals surface area (Å²) in [6, 6.07) is 19.5. The molecule has 2 heterocycles. The van der Waals surface area contributed by atoms with Crippen LogP contribution in [0.15, 0.2) is 71.9 Å². The van der Waals surface area contributed by atoms with E-state index in [-0.39, 0.29) is 5.78 Å². The molecule has 0 amide bonds. The lowest BCUT2D eigenvalue weighted by Gasteiger charge is -2.32. The van der Waals surface area contributed by atoms with Crippen LogP contribution in [0.25, 0.3) is 22.2 Å². The summed E-state index contributed by atoms with van der Waals surface area (Å²) in [6.45, 7) is 0. The first-order valence-corrected chi connectivity index (χ1v) is 11.4. The number of rotatable bonds is 4. The standard InChI is InChI=1S/C27H24N4O3/c1-33-17-13-14-23(34-2)20(15-17)25-24-21(11-6-12-22(24)32)28-27-29-26(30-31(25)27)19-10-5-8-16-7-3-4-9-18(16)19/h3-5,7-10,13-15,25H,6,11-12H2,1-2H3,(H,28,29,30). The summed E-state index contributed by atoms with van der Waals surface area (Å²) < 4.78 is 13.0. The number of hydrogen-bond acceptors (Lipinski definition) is 6. The Kier molecular flexibility index (Phi) is 4.83. The molecule has 0 bridgehead atoms. The van der Waals surface area contributed by atoms with Gasteiger partial charge in [-0.15, -0.1) is 5.10 Å². The number of carbonyl (C=O) groups excluding carboxylic acids is 1. The third-order valence-corrected chi connectivity index (χ3v) is 6.63. The zero-order chi connectivity index (χ0) is 23.2. The maximum atomic E-state index is 13.2. The predicted octanol–water partition coefficient (Wildman–Crippen LogP) is 5.14. The Balaban J connectivity index is 1.58. The van der Waals surface area contributed by atoms with E-state index in [1.165, 1.54) is 0 Å². The topological polar surface area (TPSA) is 78.3 Å². The van der Waals surface area contributed by atoms with Gasteiger partial charge in [0.2, 0.25) is 5.95 Å². The molecule has 4 aromatic rings. The van der Waals surface area contributed by atoms with E-state index in [1.54, 1.807) is 14.2 Å². The molecular weight excluding hydrogens is 428 g/mol. The maximum Gasteiger partial charge on any atom is 0.226 e. The molecule has 1 aromatic heterocycles. The Labute approximate surface area is 197 Å². The SMILES string of the molecule is COc1ccc(OC)c(C2C3=C(CCCC3=O)Nc3nc(-c4cccc5ccccc45)nn32)c1. The Hall–Kier alpha value is -4.13. The number of Topliss-reactive ketones (excluding diaryl/α,β-unsaturated/α-hetero) is 1. The van der Waals surface area contributed by atoms with E-state index in [4.69, 9.17) is 19.6 Å². The second-order valence-electron chi connectivity index (χ2n) is 8.53. The van der Waals surface area contributed by atoms with Gasteiger partial charge in [-0.2, -0.15) is 4.98 Å². The molecular formula is C27H24N4O3. The highest BCUT2D eigenvalue weighted by molar-refractivity contribution is 6.00. The van der Waals surface area contributed by atoms with Gasteiger partial charge in [-0.25, -0.2) is 4.68 Å². The van der Waals surface area contributed by atoms with Crippen LogP contribution in [-0.4, -0.2) is 34.8 Å². The van der Waals surface area contributed by atoms with Crippen molar-refractivity contribution in [2.75, 3.05) is 19.5 Å². The van der Waals surface area contributed by atoms with Gasteiger partial charge in [0.15, 0.2) is 11.6 Å². The Bertz CT molecular complexity index is 1460. The van der Waals surface area contributed by atoms with E-state index in [9.17, 15) is 4.79 Å². The number of nitrogens with zero attached hydrogens (tertiary/aromatic N) is 3. The van der Waals surface area contributed by atoms with Gasteiger partial charge in [-0.1, -0.05) is 42.5 Å². The third kappa shape index (κ3) is 3.15. The Morgan fingerprint density at radius 3 is 2.71 bits per heavy atom. The zero-order valence-corrected chi connectivity index (χ0v) is 19.0. The largest absolute Gasteiger partial charge is 0.497 e. The smallest absolute Gasteiger partial charge is 0.226 e. The molecule has 1 atom stereocenters. The Morgan fingerprint density at radius 1 is 1.00 bits per heavy atom. The summed E-state index contributed by atoms with van der Waals surface area (Å²) in [4.78, 5) is 18.1. The minimum absolute atomic E-state index is 0.122. The van der Waals surface area contributed by atoms with Crippen LogP contribution >= 0.6 is 0 Å². The molecule has 0 saturated carbocycles. The number of allylic oxidation sites excluding steroid dienone is 2. The summed E-state index contributed by atoms with van der Waals surface area (Å²) in [6.07, 6.45) is 2.13. The summed E-state index contributed by atoms with van der Waals surface area (Å²) in [5, 5.41) is 10.6. The average molecular weight is 453 g/mol. The van der Waals surface area contributed by atoms with Crippen LogP contribution in [0.2, 0.25) is 0 Å². The quantitative estimate of drug-likeness (QED) is 0.462. The van der Waals surface area contributed by atoms with Crippen molar-refractivity contribution in [3.63, 3.8) is 0 Å². The second-order valence-corrected chi connectivity index (χ2v) is 8.53. The molecule has 170 valence electrons. The number of carbonyl (C=O) groups is 1. The van der Waals surface area contributed by atoms with E-state index < -0.39 is 6.04 Å². The number of aromatic nitrogens is 3. The van der Waals surface area contributed by atoms with Crippen molar-refractivity contribution in [3.8, 4) is 22.9 Å². The molecule has 0 spiro atoms. The fourth-order valence-electron chi connectivity index (χ4n) is 5.03. The summed E-state index contributed by atoms with van der Waals surface area (Å²) in [5.41, 5.74) is 3.40. The van der Waals surface area contributed by atoms with E-state index >= 15 is 0 Å². The molecule has 1 aliphatic heterocycles. The molecule has 1 N–H and O–H groups in total. The number of fused-ring (bicyclic) bond motifs is 2. The van der Waals surface area contributed by atoms with Gasteiger partial charge in [0.05, 0.1) is 14.2 Å². The van der Waals surface area contributed by atoms with Crippen molar-refractivity contribution < 1.29 is 14.3 Å². The monoisotopic (exact) mass is 452 g/mol. The molecule has 0 radical (unpaired) electrons. The molecule has 1 unspecified atom stereocenters. The van der Waals surface area contributed by atoms with Crippen molar-refractivity contribution in [2.45, 2.75) is 25.3 Å². The fourth-order valence-corrected chi connectivity index (χ4v) is 5.03. The minimum Gasteiger partial charge on any atom is -0.497 e. The van der Waals surface area contributed by atoms with Crippen LogP contribution in [-0.2, 0) is 4.79 Å². The number of methoxy groups -OCH3 is 2.